The van der Waals surface area contributed by atoms with Crippen LogP contribution in [0.25, 0.3) is 0 Å². The highest BCUT2D eigenvalue weighted by Crippen LogP contribution is 2.51. The molecule has 2 aromatic rings. The van der Waals surface area contributed by atoms with Gasteiger partial charge in [-0.25, -0.2) is 0 Å². The molecule has 0 aliphatic carbocycles. The molecule has 0 aromatic heterocycles. The quantitative estimate of drug-likeness (QED) is 0.911. The Morgan fingerprint density at radius 2 is 1.83 bits per heavy atom. The van der Waals surface area contributed by atoms with Crippen LogP contribution in [0.4, 0.5) is 5.69 Å². The van der Waals surface area contributed by atoms with E-state index >= 15 is 0 Å². The summed E-state index contributed by atoms with van der Waals surface area (Å²) in [4.78, 5) is 0. The van der Waals surface area contributed by atoms with E-state index in [1.165, 1.54) is 5.56 Å². The molecule has 1 fully saturated rings. The van der Waals surface area contributed by atoms with Crippen LogP contribution in [0.5, 0.6) is 11.5 Å². The minimum absolute atomic E-state index is 0.136. The number of benzene rings is 2. The van der Waals surface area contributed by atoms with Crippen LogP contribution in [-0.4, -0.2) is 20.8 Å². The van der Waals surface area contributed by atoms with Crippen molar-refractivity contribution in [2.75, 3.05) is 26.1 Å². The third kappa shape index (κ3) is 2.42. The second-order valence-electron chi connectivity index (χ2n) is 6.39. The molecule has 3 atom stereocenters. The van der Waals surface area contributed by atoms with Crippen LogP contribution in [0.15, 0.2) is 42.5 Å². The summed E-state index contributed by atoms with van der Waals surface area (Å²) >= 11 is 0. The van der Waals surface area contributed by atoms with Gasteiger partial charge >= 0.3 is 0 Å². The molecule has 1 N–H and O–H groups in total. The zero-order valence-corrected chi connectivity index (χ0v) is 14.1. The maximum Gasteiger partial charge on any atom is 0.165 e. The van der Waals surface area contributed by atoms with Gasteiger partial charge in [0.2, 0.25) is 0 Å². The van der Waals surface area contributed by atoms with Crippen LogP contribution in [0.2, 0.25) is 0 Å². The largest absolute Gasteiger partial charge is 0.493 e. The van der Waals surface area contributed by atoms with E-state index in [0.29, 0.717) is 5.92 Å². The summed E-state index contributed by atoms with van der Waals surface area (Å²) in [5.41, 5.74) is 3.54. The number of hydrogen-bond acceptors (Lipinski definition) is 4. The van der Waals surface area contributed by atoms with Crippen molar-refractivity contribution in [2.45, 2.75) is 25.0 Å². The second-order valence-corrected chi connectivity index (χ2v) is 6.39. The van der Waals surface area contributed by atoms with E-state index < -0.39 is 0 Å². The Hall–Kier alpha value is -2.20. The molecule has 4 nitrogen and oxygen atoms in total. The molecule has 2 aromatic carbocycles. The molecule has 2 heterocycles. The molecular formula is C20H23NO3. The third-order valence-corrected chi connectivity index (χ3v) is 5.14. The lowest BCUT2D eigenvalue weighted by Crippen LogP contribution is -2.36. The normalized spacial score (nSPS) is 25.2. The smallest absolute Gasteiger partial charge is 0.165 e. The third-order valence-electron chi connectivity index (χ3n) is 5.14. The van der Waals surface area contributed by atoms with Gasteiger partial charge in [0.15, 0.2) is 11.5 Å². The number of nitrogens with one attached hydrogen (secondary N) is 1. The molecule has 1 saturated heterocycles. The molecule has 0 amide bonds. The maximum atomic E-state index is 6.18. The number of anilines is 1. The van der Waals surface area contributed by atoms with Gasteiger partial charge in [-0.2, -0.15) is 0 Å². The van der Waals surface area contributed by atoms with Gasteiger partial charge in [-0.3, -0.25) is 0 Å². The molecule has 2 aliphatic heterocycles. The molecule has 0 saturated carbocycles. The molecule has 4 heteroatoms. The molecule has 0 bridgehead atoms. The van der Waals surface area contributed by atoms with Gasteiger partial charge < -0.3 is 19.5 Å². The summed E-state index contributed by atoms with van der Waals surface area (Å²) in [5, 5.41) is 3.72. The van der Waals surface area contributed by atoms with Crippen LogP contribution >= 0.6 is 0 Å². The Bertz CT molecular complexity index is 731. The van der Waals surface area contributed by atoms with Gasteiger partial charge in [-0.05, 0) is 25.0 Å². The summed E-state index contributed by atoms with van der Waals surface area (Å²) in [6.07, 6.45) is 2.36. The Morgan fingerprint density at radius 1 is 1.00 bits per heavy atom. The highest BCUT2D eigenvalue weighted by Gasteiger charge is 2.40. The minimum atomic E-state index is 0.136. The van der Waals surface area contributed by atoms with E-state index in [9.17, 15) is 0 Å². The van der Waals surface area contributed by atoms with Crippen molar-refractivity contribution in [3.8, 4) is 11.5 Å². The summed E-state index contributed by atoms with van der Waals surface area (Å²) in [5.74, 6) is 1.96. The zero-order chi connectivity index (χ0) is 16.5. The van der Waals surface area contributed by atoms with E-state index in [4.69, 9.17) is 14.2 Å². The Kier molecular flexibility index (Phi) is 4.07. The standard InChI is InChI=1S/C20H23NO3/c1-22-17-11-5-8-15(20(17)23-2)18-14-9-6-12-24-19(14)13-7-3-4-10-16(13)21-18/h3-5,7-8,10-11,14,18-19,21H,6,9,12H2,1-2H3/t14-,18-,19+/m1/s1. The zero-order valence-electron chi connectivity index (χ0n) is 14.1. The molecule has 0 radical (unpaired) electrons. The number of hydrogen-bond donors (Lipinski definition) is 1. The number of fused-ring (bicyclic) bond motifs is 3. The fourth-order valence-electron chi connectivity index (χ4n) is 4.08. The van der Waals surface area contributed by atoms with E-state index in [1.54, 1.807) is 14.2 Å². The van der Waals surface area contributed by atoms with Crippen molar-refractivity contribution >= 4 is 5.69 Å². The molecule has 24 heavy (non-hydrogen) atoms. The van der Waals surface area contributed by atoms with Crippen LogP contribution in [-0.2, 0) is 4.74 Å². The van der Waals surface area contributed by atoms with Crippen LogP contribution in [0.1, 0.15) is 36.1 Å². The first kappa shape index (κ1) is 15.3. The predicted molar refractivity (Wildman–Crippen MR) is 93.8 cm³/mol. The highest BCUT2D eigenvalue weighted by molar-refractivity contribution is 5.59. The Morgan fingerprint density at radius 3 is 2.67 bits per heavy atom. The Labute approximate surface area is 142 Å². The first-order chi connectivity index (χ1) is 11.8. The molecule has 4 rings (SSSR count). The monoisotopic (exact) mass is 325 g/mol. The molecule has 0 spiro atoms. The van der Waals surface area contributed by atoms with E-state index in [-0.39, 0.29) is 12.1 Å². The topological polar surface area (TPSA) is 39.7 Å². The molecule has 126 valence electrons. The predicted octanol–water partition coefficient (Wildman–Crippen LogP) is 4.34. The number of para-hydroxylation sites is 2. The first-order valence-corrected chi connectivity index (χ1v) is 8.51. The number of methoxy groups -OCH3 is 2. The molecular weight excluding hydrogens is 302 g/mol. The lowest BCUT2D eigenvalue weighted by molar-refractivity contribution is -0.0383. The summed E-state index contributed by atoms with van der Waals surface area (Å²) in [6.45, 7) is 0.831. The van der Waals surface area contributed by atoms with Gasteiger partial charge in [-0.15, -0.1) is 0 Å². The summed E-state index contributed by atoms with van der Waals surface area (Å²) in [7, 11) is 3.38. The van der Waals surface area contributed by atoms with Crippen LogP contribution < -0.4 is 14.8 Å². The SMILES string of the molecule is COc1cccc([C@@H]2Nc3ccccc3[C@@H]3OCCC[C@H]23)c1OC. The van der Waals surface area contributed by atoms with E-state index in [0.717, 1.165) is 42.2 Å². The average molecular weight is 325 g/mol. The van der Waals surface area contributed by atoms with Crippen LogP contribution in [0, 0.1) is 5.92 Å². The van der Waals surface area contributed by atoms with Crippen molar-refractivity contribution in [1.82, 2.24) is 0 Å². The van der Waals surface area contributed by atoms with Crippen LogP contribution in [0.3, 0.4) is 0 Å². The number of rotatable bonds is 3. The fraction of sp³-hybridized carbons (Fsp3) is 0.400. The minimum Gasteiger partial charge on any atom is -0.493 e. The van der Waals surface area contributed by atoms with E-state index in [2.05, 4.69) is 35.6 Å². The summed E-state index contributed by atoms with van der Waals surface area (Å²) < 4.78 is 17.3. The average Bonchev–Trinajstić information content (AvgIpc) is 2.66. The summed E-state index contributed by atoms with van der Waals surface area (Å²) in [6, 6.07) is 14.7. The van der Waals surface area contributed by atoms with Gasteiger partial charge in [0, 0.05) is 29.3 Å². The van der Waals surface area contributed by atoms with Gasteiger partial charge in [0.05, 0.1) is 26.4 Å². The first-order valence-electron chi connectivity index (χ1n) is 8.51. The Balaban J connectivity index is 1.81. The van der Waals surface area contributed by atoms with Crippen molar-refractivity contribution in [3.05, 3.63) is 53.6 Å². The lowest BCUT2D eigenvalue weighted by Gasteiger charge is -2.43. The van der Waals surface area contributed by atoms with Crippen molar-refractivity contribution in [1.29, 1.82) is 0 Å². The van der Waals surface area contributed by atoms with Gasteiger partial charge in [-0.1, -0.05) is 30.3 Å². The van der Waals surface area contributed by atoms with E-state index in [1.807, 2.05) is 12.1 Å². The van der Waals surface area contributed by atoms with Crippen molar-refractivity contribution in [3.63, 3.8) is 0 Å². The molecule has 0 unspecified atom stereocenters. The maximum absolute atomic E-state index is 6.18. The van der Waals surface area contributed by atoms with Crippen molar-refractivity contribution in [2.24, 2.45) is 5.92 Å². The van der Waals surface area contributed by atoms with Crippen molar-refractivity contribution < 1.29 is 14.2 Å². The van der Waals surface area contributed by atoms with Gasteiger partial charge in [0.1, 0.15) is 0 Å². The highest BCUT2D eigenvalue weighted by atomic mass is 16.5. The van der Waals surface area contributed by atoms with Gasteiger partial charge in [0.25, 0.3) is 0 Å². The lowest BCUT2D eigenvalue weighted by atomic mass is 9.77. The molecule has 2 aliphatic rings. The second kappa shape index (κ2) is 6.36. The fourth-order valence-corrected chi connectivity index (χ4v) is 4.08. The number of ether oxygens (including phenoxy) is 3.